The summed E-state index contributed by atoms with van der Waals surface area (Å²) in [6.45, 7) is 0.438. The molecule has 2 saturated heterocycles. The summed E-state index contributed by atoms with van der Waals surface area (Å²) < 4.78 is 5.76. The summed E-state index contributed by atoms with van der Waals surface area (Å²) in [6, 6.07) is 39.8. The number of likely N-dealkylation sites (tertiary alicyclic amines) is 2. The highest BCUT2D eigenvalue weighted by molar-refractivity contribution is 6.31. The number of H-pyrrole nitrogens is 1. The van der Waals surface area contributed by atoms with Crippen molar-refractivity contribution in [2.75, 3.05) is 0 Å². The minimum absolute atomic E-state index is 0.312. The smallest absolute Gasteiger partial charge is 0.326 e. The number of aromatic amines is 1. The number of nitrogens with one attached hydrogen (secondary N) is 1. The molecule has 2 amide bonds. The van der Waals surface area contributed by atoms with E-state index in [-0.39, 0.29) is 17.9 Å². The molecular weight excluding hydrogens is 865 g/mol. The monoisotopic (exact) mass is 907 g/mol. The molecule has 2 aromatic heterocycles. The van der Waals surface area contributed by atoms with Crippen LogP contribution in [0.2, 0.25) is 10.0 Å². The molecule has 0 saturated carbocycles. The summed E-state index contributed by atoms with van der Waals surface area (Å²) >= 11 is 12.7. The third kappa shape index (κ3) is 9.94. The van der Waals surface area contributed by atoms with Gasteiger partial charge in [0, 0.05) is 50.8 Å². The maximum absolute atomic E-state index is 13.5. The van der Waals surface area contributed by atoms with Gasteiger partial charge in [-0.2, -0.15) is 5.10 Å². The van der Waals surface area contributed by atoms with Crippen molar-refractivity contribution in [3.63, 3.8) is 0 Å². The number of amides is 2. The van der Waals surface area contributed by atoms with E-state index >= 15 is 0 Å². The molecule has 2 aliphatic heterocycles. The maximum atomic E-state index is 13.5. The van der Waals surface area contributed by atoms with Crippen molar-refractivity contribution in [1.29, 1.82) is 0 Å². The summed E-state index contributed by atoms with van der Waals surface area (Å²) in [5.74, 6) is -2.13. The highest BCUT2D eigenvalue weighted by Crippen LogP contribution is 2.42. The third-order valence-corrected chi connectivity index (χ3v) is 12.4. The van der Waals surface area contributed by atoms with Gasteiger partial charge >= 0.3 is 11.9 Å². The maximum Gasteiger partial charge on any atom is 0.326 e. The number of carboxylic acids is 2. The molecule has 14 heteroatoms. The number of carbonyl (C=O) groups is 4. The van der Waals surface area contributed by atoms with Crippen molar-refractivity contribution >= 4 is 47.0 Å². The SMILES string of the molecule is O=C(O)[C@@H]1CC[C@H](c2ccccc2Cl)N1C(=O)c1ccc(-c2ccc(OCc3ccccc3)nc2)cc1.O=C(O)[C@@H]1CC[C@H](c2ccccc2Cl)N1C(=O)c1ccc(-c2cn[nH]c2)cc1. The molecule has 5 aromatic carbocycles. The van der Waals surface area contributed by atoms with Crippen LogP contribution in [0.15, 0.2) is 158 Å². The van der Waals surface area contributed by atoms with Crippen molar-refractivity contribution in [3.05, 3.63) is 196 Å². The second-order valence-electron chi connectivity index (χ2n) is 15.7. The number of nitrogens with zero attached hydrogens (tertiary/aromatic N) is 4. The number of halogens is 2. The van der Waals surface area contributed by atoms with Gasteiger partial charge in [-0.1, -0.05) is 114 Å². The topological polar surface area (TPSA) is 166 Å². The van der Waals surface area contributed by atoms with Gasteiger partial charge in [0.1, 0.15) is 18.7 Å². The van der Waals surface area contributed by atoms with Crippen molar-refractivity contribution in [2.45, 2.75) is 56.5 Å². The lowest BCUT2D eigenvalue weighted by Crippen LogP contribution is -2.41. The first-order valence-electron chi connectivity index (χ1n) is 21.0. The van der Waals surface area contributed by atoms with E-state index in [1.54, 1.807) is 55.0 Å². The number of carboxylic acid groups (broad SMARTS) is 2. The number of carbonyl (C=O) groups excluding carboxylic acids is 2. The first-order valence-corrected chi connectivity index (χ1v) is 21.7. The Balaban J connectivity index is 0.000000184. The van der Waals surface area contributed by atoms with Gasteiger partial charge < -0.3 is 24.7 Å². The summed E-state index contributed by atoms with van der Waals surface area (Å²) in [6.07, 6.45) is 7.06. The lowest BCUT2D eigenvalue weighted by atomic mass is 10.0. The Kier molecular flexibility index (Phi) is 13.7. The van der Waals surface area contributed by atoms with Gasteiger partial charge in [0.25, 0.3) is 11.8 Å². The van der Waals surface area contributed by atoms with Crippen LogP contribution >= 0.6 is 23.2 Å². The summed E-state index contributed by atoms with van der Waals surface area (Å²) in [5, 5.41) is 27.2. The van der Waals surface area contributed by atoms with Crippen molar-refractivity contribution in [1.82, 2.24) is 25.0 Å². The zero-order valence-electron chi connectivity index (χ0n) is 34.8. The van der Waals surface area contributed by atoms with Crippen LogP contribution in [0, 0.1) is 0 Å². The van der Waals surface area contributed by atoms with E-state index < -0.39 is 30.1 Å². The third-order valence-electron chi connectivity index (χ3n) is 11.7. The Morgan fingerprint density at radius 3 is 1.49 bits per heavy atom. The van der Waals surface area contributed by atoms with Gasteiger partial charge in [0.2, 0.25) is 5.88 Å². The minimum Gasteiger partial charge on any atom is -0.480 e. The van der Waals surface area contributed by atoms with Crippen molar-refractivity contribution in [3.8, 4) is 28.1 Å². The Morgan fingerprint density at radius 1 is 0.569 bits per heavy atom. The molecule has 0 unspecified atom stereocenters. The number of benzene rings is 5. The second-order valence-corrected chi connectivity index (χ2v) is 16.5. The Labute approximate surface area is 385 Å². The highest BCUT2D eigenvalue weighted by Gasteiger charge is 2.44. The largest absolute Gasteiger partial charge is 0.480 e. The molecule has 3 N–H and O–H groups in total. The second kappa shape index (κ2) is 20.0. The normalized spacial score (nSPS) is 17.8. The Morgan fingerprint density at radius 2 is 1.05 bits per heavy atom. The molecule has 65 heavy (non-hydrogen) atoms. The van der Waals surface area contributed by atoms with Crippen LogP contribution in [0.5, 0.6) is 5.88 Å². The van der Waals surface area contributed by atoms with Crippen LogP contribution in [0.4, 0.5) is 0 Å². The fourth-order valence-corrected chi connectivity index (χ4v) is 8.98. The van der Waals surface area contributed by atoms with Crippen LogP contribution < -0.4 is 4.74 Å². The van der Waals surface area contributed by atoms with Crippen LogP contribution in [0.1, 0.15) is 75.2 Å². The lowest BCUT2D eigenvalue weighted by molar-refractivity contribution is -0.142. The van der Waals surface area contributed by atoms with Gasteiger partial charge in [0.05, 0.1) is 18.3 Å². The molecule has 12 nitrogen and oxygen atoms in total. The van der Waals surface area contributed by atoms with Crippen molar-refractivity contribution < 1.29 is 34.1 Å². The number of hydrogen-bond donors (Lipinski definition) is 3. The first-order chi connectivity index (χ1) is 31.6. The zero-order valence-corrected chi connectivity index (χ0v) is 36.3. The number of aliphatic carboxylic acids is 2. The quantitative estimate of drug-likeness (QED) is 0.114. The molecule has 0 spiro atoms. The summed E-state index contributed by atoms with van der Waals surface area (Å²) in [5.41, 5.74) is 7.06. The van der Waals surface area contributed by atoms with Crippen LogP contribution in [0.25, 0.3) is 22.3 Å². The van der Waals surface area contributed by atoms with E-state index in [4.69, 9.17) is 27.9 Å². The number of hydrogen-bond acceptors (Lipinski definition) is 7. The number of pyridine rings is 1. The van der Waals surface area contributed by atoms with E-state index in [1.165, 1.54) is 9.80 Å². The molecule has 4 atom stereocenters. The average molecular weight is 909 g/mol. The average Bonchev–Trinajstić information content (AvgIpc) is 4.13. The predicted molar refractivity (Wildman–Crippen MR) is 247 cm³/mol. The highest BCUT2D eigenvalue weighted by atomic mass is 35.5. The molecule has 7 aromatic rings. The fraction of sp³-hybridized carbons (Fsp3) is 0.176. The first kappa shape index (κ1) is 44.3. The molecule has 2 aliphatic rings. The zero-order chi connectivity index (χ0) is 45.5. The fourth-order valence-electron chi connectivity index (χ4n) is 8.46. The van der Waals surface area contributed by atoms with E-state index in [0.29, 0.717) is 59.3 Å². The molecule has 2 fully saturated rings. The van der Waals surface area contributed by atoms with Crippen LogP contribution in [-0.2, 0) is 16.2 Å². The van der Waals surface area contributed by atoms with Crippen LogP contribution in [0.3, 0.4) is 0 Å². The molecule has 328 valence electrons. The molecule has 0 radical (unpaired) electrons. The van der Waals surface area contributed by atoms with Gasteiger partial charge in [-0.05, 0) is 96.0 Å². The van der Waals surface area contributed by atoms with Gasteiger partial charge in [-0.3, -0.25) is 14.7 Å². The van der Waals surface area contributed by atoms with E-state index in [9.17, 15) is 29.4 Å². The van der Waals surface area contributed by atoms with Gasteiger partial charge in [-0.25, -0.2) is 14.6 Å². The number of rotatable bonds is 11. The van der Waals surface area contributed by atoms with Crippen LogP contribution in [-0.4, -0.2) is 71.0 Å². The van der Waals surface area contributed by atoms with E-state index in [1.807, 2.05) is 103 Å². The lowest BCUT2D eigenvalue weighted by Gasteiger charge is -2.29. The van der Waals surface area contributed by atoms with Gasteiger partial charge in [-0.15, -0.1) is 0 Å². The summed E-state index contributed by atoms with van der Waals surface area (Å²) in [4.78, 5) is 57.8. The van der Waals surface area contributed by atoms with Crippen molar-refractivity contribution in [2.24, 2.45) is 0 Å². The number of aromatic nitrogens is 3. The Hall–Kier alpha value is -7.28. The van der Waals surface area contributed by atoms with E-state index in [2.05, 4.69) is 15.2 Å². The Bertz CT molecular complexity index is 2770. The molecule has 0 aliphatic carbocycles. The number of ether oxygens (including phenoxy) is 1. The molecular formula is C51H43Cl2N5O7. The minimum atomic E-state index is -1.01. The summed E-state index contributed by atoms with van der Waals surface area (Å²) in [7, 11) is 0. The molecule has 9 rings (SSSR count). The van der Waals surface area contributed by atoms with Gasteiger partial charge in [0.15, 0.2) is 0 Å². The predicted octanol–water partition coefficient (Wildman–Crippen LogP) is 10.6. The van der Waals surface area contributed by atoms with E-state index in [0.717, 1.165) is 38.9 Å². The molecule has 4 heterocycles. The standard InChI is InChI=1S/C30H25ClN2O4.C21H18ClN3O3/c31-25-9-5-4-8-24(25)26-15-16-27(30(35)36)33(26)29(34)22-12-10-21(11-13-22)23-14-17-28(32-18-23)37-19-20-6-2-1-3-7-20;22-17-4-2-1-3-16(17)18-9-10-19(21(27)28)25(18)20(26)14-7-5-13(6-8-14)15-11-23-24-12-15/h1-14,17-18,26-27H,15-16,19H2,(H,35,36);1-8,11-12,18-19H,9-10H2,(H,23,24)(H,27,28)/t26-,27+;18-,19+/m11/s1. The molecule has 0 bridgehead atoms.